The lowest BCUT2D eigenvalue weighted by Gasteiger charge is -2.15. The van der Waals surface area contributed by atoms with Crippen molar-refractivity contribution in [3.63, 3.8) is 0 Å². The Bertz CT molecular complexity index is 303. The number of hydrogen-bond donors (Lipinski definition) is 2. The third-order valence-corrected chi connectivity index (χ3v) is 2.67. The highest BCUT2D eigenvalue weighted by Crippen LogP contribution is 2.18. The van der Waals surface area contributed by atoms with Crippen LogP contribution in [0.3, 0.4) is 0 Å². The molecule has 1 unspecified atom stereocenters. The van der Waals surface area contributed by atoms with Gasteiger partial charge in [0, 0.05) is 33.0 Å². The summed E-state index contributed by atoms with van der Waals surface area (Å²) in [6, 6.07) is 0. The Kier molecular flexibility index (Phi) is 4.28. The number of carboxylic acid groups (broad SMARTS) is 1. The predicted octanol–water partition coefficient (Wildman–Crippen LogP) is -0.554. The van der Waals surface area contributed by atoms with Crippen molar-refractivity contribution >= 4 is 17.8 Å². The molecule has 0 spiro atoms. The third kappa shape index (κ3) is 3.22. The SMILES string of the molecule is CNC(=O)CCCN1CC(C(=O)O)CC1=O. The van der Waals surface area contributed by atoms with Gasteiger partial charge in [-0.05, 0) is 6.42 Å². The fraction of sp³-hybridized carbons (Fsp3) is 0.700. The number of nitrogens with one attached hydrogen (secondary N) is 1. The summed E-state index contributed by atoms with van der Waals surface area (Å²) in [5.41, 5.74) is 0. The molecule has 0 bridgehead atoms. The molecule has 6 heteroatoms. The van der Waals surface area contributed by atoms with Gasteiger partial charge in [-0.15, -0.1) is 0 Å². The highest BCUT2D eigenvalue weighted by Gasteiger charge is 2.33. The van der Waals surface area contributed by atoms with Gasteiger partial charge < -0.3 is 15.3 Å². The molecule has 2 N–H and O–H groups in total. The van der Waals surface area contributed by atoms with Gasteiger partial charge in [-0.1, -0.05) is 0 Å². The summed E-state index contributed by atoms with van der Waals surface area (Å²) in [4.78, 5) is 34.5. The van der Waals surface area contributed by atoms with Crippen molar-refractivity contribution in [3.8, 4) is 0 Å². The van der Waals surface area contributed by atoms with Crippen molar-refractivity contribution in [2.24, 2.45) is 5.92 Å². The zero-order valence-corrected chi connectivity index (χ0v) is 9.23. The fourth-order valence-electron chi connectivity index (χ4n) is 1.71. The minimum absolute atomic E-state index is 0.0681. The summed E-state index contributed by atoms with van der Waals surface area (Å²) < 4.78 is 0. The van der Waals surface area contributed by atoms with E-state index in [1.807, 2.05) is 0 Å². The van der Waals surface area contributed by atoms with Crippen molar-refractivity contribution in [1.29, 1.82) is 0 Å². The summed E-state index contributed by atoms with van der Waals surface area (Å²) in [6.45, 7) is 0.720. The topological polar surface area (TPSA) is 86.7 Å². The van der Waals surface area contributed by atoms with Gasteiger partial charge in [0.1, 0.15) is 0 Å². The number of hydrogen-bond acceptors (Lipinski definition) is 3. The predicted molar refractivity (Wildman–Crippen MR) is 55.6 cm³/mol. The van der Waals surface area contributed by atoms with Crippen LogP contribution in [0, 0.1) is 5.92 Å². The standard InChI is InChI=1S/C10H16N2O4/c1-11-8(13)3-2-4-12-6-7(10(15)16)5-9(12)14/h7H,2-6H2,1H3,(H,11,13)(H,15,16). The number of carbonyl (C=O) groups is 3. The molecule has 0 radical (unpaired) electrons. The highest BCUT2D eigenvalue weighted by molar-refractivity contribution is 5.86. The molecule has 1 saturated heterocycles. The van der Waals surface area contributed by atoms with Gasteiger partial charge in [-0.3, -0.25) is 14.4 Å². The zero-order chi connectivity index (χ0) is 12.1. The average Bonchev–Trinajstić information content (AvgIpc) is 2.60. The second-order valence-corrected chi connectivity index (χ2v) is 3.86. The number of aliphatic carboxylic acids is 1. The summed E-state index contributed by atoms with van der Waals surface area (Å²) in [5.74, 6) is -1.72. The molecule has 1 rings (SSSR count). The monoisotopic (exact) mass is 228 g/mol. The first kappa shape index (κ1) is 12.5. The molecule has 1 aliphatic heterocycles. The van der Waals surface area contributed by atoms with Crippen molar-refractivity contribution in [2.75, 3.05) is 20.1 Å². The number of carboxylic acids is 1. The maximum absolute atomic E-state index is 11.4. The lowest BCUT2D eigenvalue weighted by atomic mass is 10.1. The van der Waals surface area contributed by atoms with Crippen LogP contribution < -0.4 is 5.32 Å². The summed E-state index contributed by atoms with van der Waals surface area (Å²) in [5, 5.41) is 11.2. The molecule has 0 aromatic heterocycles. The Morgan fingerprint density at radius 1 is 1.56 bits per heavy atom. The molecular weight excluding hydrogens is 212 g/mol. The minimum Gasteiger partial charge on any atom is -0.481 e. The molecule has 0 aliphatic carbocycles. The summed E-state index contributed by atoms with van der Waals surface area (Å²) >= 11 is 0. The Morgan fingerprint density at radius 2 is 2.25 bits per heavy atom. The number of amides is 2. The molecule has 2 amide bonds. The molecule has 0 aromatic rings. The Hall–Kier alpha value is -1.59. The first-order valence-corrected chi connectivity index (χ1v) is 5.25. The van der Waals surface area contributed by atoms with E-state index in [0.29, 0.717) is 19.4 Å². The van der Waals surface area contributed by atoms with Crippen LogP contribution in [0.15, 0.2) is 0 Å². The van der Waals surface area contributed by atoms with Crippen LogP contribution >= 0.6 is 0 Å². The quantitative estimate of drug-likeness (QED) is 0.660. The number of carbonyl (C=O) groups excluding carboxylic acids is 2. The molecule has 16 heavy (non-hydrogen) atoms. The van der Waals surface area contributed by atoms with Crippen molar-refractivity contribution in [1.82, 2.24) is 10.2 Å². The summed E-state index contributed by atoms with van der Waals surface area (Å²) in [7, 11) is 1.56. The Morgan fingerprint density at radius 3 is 2.75 bits per heavy atom. The Labute approximate surface area is 93.6 Å². The Balaban J connectivity index is 2.30. The molecular formula is C10H16N2O4. The molecule has 1 fully saturated rings. The van der Waals surface area contributed by atoms with Gasteiger partial charge in [0.25, 0.3) is 0 Å². The highest BCUT2D eigenvalue weighted by atomic mass is 16.4. The van der Waals surface area contributed by atoms with E-state index in [2.05, 4.69) is 5.32 Å². The van der Waals surface area contributed by atoms with Gasteiger partial charge >= 0.3 is 5.97 Å². The molecule has 1 heterocycles. The third-order valence-electron chi connectivity index (χ3n) is 2.67. The van der Waals surface area contributed by atoms with Gasteiger partial charge in [0.15, 0.2) is 0 Å². The fourth-order valence-corrected chi connectivity index (χ4v) is 1.71. The second-order valence-electron chi connectivity index (χ2n) is 3.86. The first-order valence-electron chi connectivity index (χ1n) is 5.25. The van der Waals surface area contributed by atoms with Crippen molar-refractivity contribution < 1.29 is 19.5 Å². The van der Waals surface area contributed by atoms with Gasteiger partial charge in [0.05, 0.1) is 5.92 Å². The minimum atomic E-state index is -0.929. The maximum Gasteiger partial charge on any atom is 0.308 e. The molecule has 1 aliphatic rings. The largest absolute Gasteiger partial charge is 0.481 e. The van der Waals surface area contributed by atoms with Crippen LogP contribution in [0.2, 0.25) is 0 Å². The molecule has 1 atom stereocenters. The van der Waals surface area contributed by atoms with E-state index in [0.717, 1.165) is 0 Å². The maximum atomic E-state index is 11.4. The van der Waals surface area contributed by atoms with Crippen LogP contribution in [0.5, 0.6) is 0 Å². The van der Waals surface area contributed by atoms with Crippen LogP contribution in [0.1, 0.15) is 19.3 Å². The number of nitrogens with zero attached hydrogens (tertiary/aromatic N) is 1. The lowest BCUT2D eigenvalue weighted by Crippen LogP contribution is -2.28. The lowest BCUT2D eigenvalue weighted by molar-refractivity contribution is -0.141. The molecule has 6 nitrogen and oxygen atoms in total. The van der Waals surface area contributed by atoms with Crippen molar-refractivity contribution in [3.05, 3.63) is 0 Å². The van der Waals surface area contributed by atoms with Crippen LogP contribution in [0.4, 0.5) is 0 Å². The molecule has 90 valence electrons. The number of rotatable bonds is 5. The van der Waals surface area contributed by atoms with E-state index < -0.39 is 11.9 Å². The van der Waals surface area contributed by atoms with E-state index in [-0.39, 0.29) is 24.8 Å². The van der Waals surface area contributed by atoms with Gasteiger partial charge in [-0.25, -0.2) is 0 Å². The molecule has 0 saturated carbocycles. The number of likely N-dealkylation sites (tertiary alicyclic amines) is 1. The van der Waals surface area contributed by atoms with Crippen LogP contribution in [-0.2, 0) is 14.4 Å². The first-order chi connectivity index (χ1) is 7.54. The van der Waals surface area contributed by atoms with E-state index >= 15 is 0 Å². The second kappa shape index (κ2) is 5.48. The van der Waals surface area contributed by atoms with Crippen LogP contribution in [-0.4, -0.2) is 47.9 Å². The van der Waals surface area contributed by atoms with E-state index in [1.54, 1.807) is 7.05 Å². The normalized spacial score (nSPS) is 19.9. The van der Waals surface area contributed by atoms with E-state index in [9.17, 15) is 14.4 Å². The average molecular weight is 228 g/mol. The van der Waals surface area contributed by atoms with Crippen LogP contribution in [0.25, 0.3) is 0 Å². The smallest absolute Gasteiger partial charge is 0.308 e. The van der Waals surface area contributed by atoms with E-state index in [4.69, 9.17) is 5.11 Å². The van der Waals surface area contributed by atoms with Gasteiger partial charge in [-0.2, -0.15) is 0 Å². The van der Waals surface area contributed by atoms with E-state index in [1.165, 1.54) is 4.90 Å². The summed E-state index contributed by atoms with van der Waals surface area (Å²) in [6.07, 6.45) is 1.01. The van der Waals surface area contributed by atoms with Crippen molar-refractivity contribution in [2.45, 2.75) is 19.3 Å². The molecule has 0 aromatic carbocycles. The van der Waals surface area contributed by atoms with Gasteiger partial charge in [0.2, 0.25) is 11.8 Å². The zero-order valence-electron chi connectivity index (χ0n) is 9.23.